The summed E-state index contributed by atoms with van der Waals surface area (Å²) >= 11 is 5.81. The van der Waals surface area contributed by atoms with E-state index in [4.69, 9.17) is 17.3 Å². The molecular formula is C15H14ClNO2. The molecule has 1 atom stereocenters. The molecule has 0 saturated carbocycles. The number of aliphatic carboxylic acids is 1. The summed E-state index contributed by atoms with van der Waals surface area (Å²) in [5.74, 6) is -1.43. The van der Waals surface area contributed by atoms with Gasteiger partial charge >= 0.3 is 5.97 Å². The number of halogens is 1. The Morgan fingerprint density at radius 2 is 1.68 bits per heavy atom. The molecule has 0 aromatic heterocycles. The maximum absolute atomic E-state index is 11.4. The molecule has 0 fully saturated rings. The molecular weight excluding hydrogens is 262 g/mol. The van der Waals surface area contributed by atoms with Crippen LogP contribution in [0.25, 0.3) is 0 Å². The van der Waals surface area contributed by atoms with Crippen LogP contribution in [0.15, 0.2) is 48.5 Å². The quantitative estimate of drug-likeness (QED) is 0.841. The Balaban J connectivity index is 2.23. The van der Waals surface area contributed by atoms with E-state index in [1.165, 1.54) is 0 Å². The van der Waals surface area contributed by atoms with Gasteiger partial charge in [-0.2, -0.15) is 0 Å². The van der Waals surface area contributed by atoms with E-state index in [0.717, 1.165) is 11.1 Å². The lowest BCUT2D eigenvalue weighted by atomic mass is 9.92. The van der Waals surface area contributed by atoms with Crippen LogP contribution in [0, 0.1) is 0 Å². The summed E-state index contributed by atoms with van der Waals surface area (Å²) in [7, 11) is 0. The minimum absolute atomic E-state index is 0.427. The lowest BCUT2D eigenvalue weighted by molar-refractivity contribution is -0.138. The zero-order chi connectivity index (χ0) is 13.8. The summed E-state index contributed by atoms with van der Waals surface area (Å²) in [4.78, 5) is 11.4. The third kappa shape index (κ3) is 3.48. The summed E-state index contributed by atoms with van der Waals surface area (Å²) in [5.41, 5.74) is 7.92. The van der Waals surface area contributed by atoms with Gasteiger partial charge in [-0.1, -0.05) is 35.9 Å². The maximum atomic E-state index is 11.4. The van der Waals surface area contributed by atoms with Crippen molar-refractivity contribution in [3.63, 3.8) is 0 Å². The predicted molar refractivity (Wildman–Crippen MR) is 76.4 cm³/mol. The van der Waals surface area contributed by atoms with Crippen LogP contribution in [0.1, 0.15) is 17.0 Å². The fraction of sp³-hybridized carbons (Fsp3) is 0.133. The molecule has 4 heteroatoms. The highest BCUT2D eigenvalue weighted by atomic mass is 35.5. The van der Waals surface area contributed by atoms with E-state index in [1.807, 2.05) is 12.1 Å². The second kappa shape index (κ2) is 5.76. The van der Waals surface area contributed by atoms with Gasteiger partial charge in [0, 0.05) is 10.7 Å². The van der Waals surface area contributed by atoms with Gasteiger partial charge in [-0.15, -0.1) is 0 Å². The van der Waals surface area contributed by atoms with Gasteiger partial charge in [0.25, 0.3) is 0 Å². The number of nitrogens with two attached hydrogens (primary N) is 1. The number of carboxylic acids is 1. The first-order chi connectivity index (χ1) is 9.06. The Morgan fingerprint density at radius 1 is 1.11 bits per heavy atom. The molecule has 3 nitrogen and oxygen atoms in total. The minimum atomic E-state index is -0.847. The lowest BCUT2D eigenvalue weighted by Gasteiger charge is -2.13. The molecule has 0 aliphatic carbocycles. The van der Waals surface area contributed by atoms with Crippen LogP contribution < -0.4 is 5.73 Å². The van der Waals surface area contributed by atoms with E-state index >= 15 is 0 Å². The number of carboxylic acid groups (broad SMARTS) is 1. The van der Waals surface area contributed by atoms with Crippen molar-refractivity contribution in [3.8, 4) is 0 Å². The third-order valence-electron chi connectivity index (χ3n) is 2.99. The molecule has 0 radical (unpaired) electrons. The first kappa shape index (κ1) is 13.4. The van der Waals surface area contributed by atoms with Gasteiger partial charge in [-0.25, -0.2) is 0 Å². The van der Waals surface area contributed by atoms with E-state index in [0.29, 0.717) is 17.1 Å². The lowest BCUT2D eigenvalue weighted by Crippen LogP contribution is -2.14. The molecule has 3 N–H and O–H groups in total. The Morgan fingerprint density at radius 3 is 2.21 bits per heavy atom. The van der Waals surface area contributed by atoms with Gasteiger partial charge in [0.05, 0.1) is 5.92 Å². The predicted octanol–water partition coefficient (Wildman–Crippen LogP) is 3.33. The Labute approximate surface area is 116 Å². The molecule has 0 heterocycles. The SMILES string of the molecule is Nc1ccc(C(Cc2ccc(Cl)cc2)C(=O)O)cc1. The highest BCUT2D eigenvalue weighted by Gasteiger charge is 2.20. The van der Waals surface area contributed by atoms with E-state index in [-0.39, 0.29) is 0 Å². The normalized spacial score (nSPS) is 12.1. The van der Waals surface area contributed by atoms with Crippen LogP contribution in [-0.2, 0) is 11.2 Å². The molecule has 2 aromatic carbocycles. The summed E-state index contributed by atoms with van der Waals surface area (Å²) < 4.78 is 0. The van der Waals surface area contributed by atoms with Crippen molar-refractivity contribution >= 4 is 23.3 Å². The molecule has 0 spiro atoms. The van der Waals surface area contributed by atoms with Crippen molar-refractivity contribution < 1.29 is 9.90 Å². The van der Waals surface area contributed by atoms with E-state index < -0.39 is 11.9 Å². The number of anilines is 1. The number of carbonyl (C=O) groups is 1. The van der Waals surface area contributed by atoms with Crippen molar-refractivity contribution in [3.05, 3.63) is 64.7 Å². The number of benzene rings is 2. The molecule has 2 aromatic rings. The smallest absolute Gasteiger partial charge is 0.311 e. The number of hydrogen-bond donors (Lipinski definition) is 2. The fourth-order valence-electron chi connectivity index (χ4n) is 1.93. The molecule has 98 valence electrons. The summed E-state index contributed by atoms with van der Waals surface area (Å²) in [6.07, 6.45) is 0.427. The van der Waals surface area contributed by atoms with Crippen molar-refractivity contribution in [2.45, 2.75) is 12.3 Å². The Kier molecular flexibility index (Phi) is 4.07. The molecule has 19 heavy (non-hydrogen) atoms. The van der Waals surface area contributed by atoms with Gasteiger partial charge in [-0.3, -0.25) is 4.79 Å². The van der Waals surface area contributed by atoms with Gasteiger partial charge in [0.2, 0.25) is 0 Å². The molecule has 2 rings (SSSR count). The summed E-state index contributed by atoms with van der Waals surface area (Å²) in [6, 6.07) is 14.1. The zero-order valence-corrected chi connectivity index (χ0v) is 11.0. The average Bonchev–Trinajstić information content (AvgIpc) is 2.39. The van der Waals surface area contributed by atoms with E-state index in [9.17, 15) is 9.90 Å². The molecule has 0 aliphatic rings. The Bertz CT molecular complexity index is 564. The highest BCUT2D eigenvalue weighted by Crippen LogP contribution is 2.23. The summed E-state index contributed by atoms with van der Waals surface area (Å²) in [5, 5.41) is 10.00. The van der Waals surface area contributed by atoms with E-state index in [2.05, 4.69) is 0 Å². The van der Waals surface area contributed by atoms with Crippen molar-refractivity contribution in [2.24, 2.45) is 0 Å². The molecule has 1 unspecified atom stereocenters. The van der Waals surface area contributed by atoms with Crippen molar-refractivity contribution in [1.82, 2.24) is 0 Å². The zero-order valence-electron chi connectivity index (χ0n) is 10.2. The van der Waals surface area contributed by atoms with Crippen LogP contribution in [-0.4, -0.2) is 11.1 Å². The monoisotopic (exact) mass is 275 g/mol. The van der Waals surface area contributed by atoms with Gasteiger partial charge in [0.15, 0.2) is 0 Å². The fourth-order valence-corrected chi connectivity index (χ4v) is 2.06. The van der Waals surface area contributed by atoms with Crippen LogP contribution in [0.4, 0.5) is 5.69 Å². The van der Waals surface area contributed by atoms with Crippen LogP contribution in [0.3, 0.4) is 0 Å². The molecule has 0 saturated heterocycles. The third-order valence-corrected chi connectivity index (χ3v) is 3.24. The van der Waals surface area contributed by atoms with Crippen LogP contribution in [0.5, 0.6) is 0 Å². The average molecular weight is 276 g/mol. The first-order valence-electron chi connectivity index (χ1n) is 5.89. The van der Waals surface area contributed by atoms with Gasteiger partial charge in [0.1, 0.15) is 0 Å². The van der Waals surface area contributed by atoms with Crippen molar-refractivity contribution in [1.29, 1.82) is 0 Å². The largest absolute Gasteiger partial charge is 0.481 e. The molecule has 0 amide bonds. The van der Waals surface area contributed by atoms with E-state index in [1.54, 1.807) is 36.4 Å². The maximum Gasteiger partial charge on any atom is 0.311 e. The number of nitrogen functional groups attached to an aromatic ring is 1. The number of rotatable bonds is 4. The topological polar surface area (TPSA) is 63.3 Å². The second-order valence-corrected chi connectivity index (χ2v) is 4.82. The Hall–Kier alpha value is -2.00. The van der Waals surface area contributed by atoms with Gasteiger partial charge < -0.3 is 10.8 Å². The first-order valence-corrected chi connectivity index (χ1v) is 6.27. The highest BCUT2D eigenvalue weighted by molar-refractivity contribution is 6.30. The standard InChI is InChI=1S/C15H14ClNO2/c16-12-5-1-10(2-6-12)9-14(15(18)19)11-3-7-13(17)8-4-11/h1-8,14H,9,17H2,(H,18,19). The van der Waals surface area contributed by atoms with Crippen LogP contribution in [0.2, 0.25) is 5.02 Å². The molecule has 0 bridgehead atoms. The molecule has 0 aliphatic heterocycles. The second-order valence-electron chi connectivity index (χ2n) is 4.39. The minimum Gasteiger partial charge on any atom is -0.481 e. The van der Waals surface area contributed by atoms with Crippen LogP contribution >= 0.6 is 11.6 Å². The van der Waals surface area contributed by atoms with Crippen molar-refractivity contribution in [2.75, 3.05) is 5.73 Å². The van der Waals surface area contributed by atoms with Gasteiger partial charge in [-0.05, 0) is 41.8 Å². The summed E-state index contributed by atoms with van der Waals surface area (Å²) in [6.45, 7) is 0. The number of hydrogen-bond acceptors (Lipinski definition) is 2.